The van der Waals surface area contributed by atoms with E-state index in [0.29, 0.717) is 31.3 Å². The molecule has 4 aliphatic carbocycles. The number of allylic oxidation sites excluding steroid dienone is 4. The lowest BCUT2D eigenvalue weighted by Crippen LogP contribution is -2.40. The number of benzene rings is 7. The van der Waals surface area contributed by atoms with Crippen molar-refractivity contribution >= 4 is 107 Å². The highest BCUT2D eigenvalue weighted by atomic mass is 35.5. The van der Waals surface area contributed by atoms with Crippen LogP contribution in [0.1, 0.15) is 92.2 Å². The molecule has 0 aromatic heterocycles. The third-order valence-corrected chi connectivity index (χ3v) is 19.4. The highest BCUT2D eigenvalue weighted by molar-refractivity contribution is 7.42. The molecule has 2 heterocycles. The molecule has 14 nitrogen and oxygen atoms in total. The summed E-state index contributed by atoms with van der Waals surface area (Å²) in [7, 11) is 4.62. The molecule has 2 aliphatic heterocycles. The Bertz CT molecular complexity index is 3690. The molecule has 7 aromatic rings. The largest absolute Gasteiger partial charge is 0.449 e. The average molecular weight is 1300 g/mol. The Morgan fingerprint density at radius 1 is 0.772 bits per heavy atom. The third-order valence-electron chi connectivity index (χ3n) is 18.0. The number of nitrogens with zero attached hydrogens (tertiary/aromatic N) is 2. The first kappa shape index (κ1) is 70.2. The summed E-state index contributed by atoms with van der Waals surface area (Å²) in [5.74, 6) is 2.35. The fourth-order valence-corrected chi connectivity index (χ4v) is 14.5. The van der Waals surface area contributed by atoms with E-state index in [1.54, 1.807) is 0 Å². The van der Waals surface area contributed by atoms with Gasteiger partial charge in [-0.2, -0.15) is 0 Å². The van der Waals surface area contributed by atoms with Crippen molar-refractivity contribution in [3.63, 3.8) is 0 Å². The van der Waals surface area contributed by atoms with Gasteiger partial charge in [-0.3, -0.25) is 9.05 Å². The van der Waals surface area contributed by atoms with Gasteiger partial charge in [0.05, 0.1) is 19.3 Å². The molecule has 0 bridgehead atoms. The number of hydrogen-bond acceptors (Lipinski definition) is 13. The van der Waals surface area contributed by atoms with E-state index in [1.807, 2.05) is 138 Å². The summed E-state index contributed by atoms with van der Waals surface area (Å²) in [6.07, 6.45) is 12.8. The van der Waals surface area contributed by atoms with Crippen molar-refractivity contribution in [2.24, 2.45) is 27.9 Å². The number of rotatable bonds is 20. The van der Waals surface area contributed by atoms with Gasteiger partial charge < -0.3 is 54.6 Å². The number of hydrogen-bond donors (Lipinski definition) is 3. The van der Waals surface area contributed by atoms with Gasteiger partial charge in [0, 0.05) is 109 Å². The molecule has 3 unspecified atom stereocenters. The number of alkyl halides is 2. The van der Waals surface area contributed by atoms with Gasteiger partial charge in [0.1, 0.15) is 37.5 Å². The highest BCUT2D eigenvalue weighted by Gasteiger charge is 2.97. The van der Waals surface area contributed by atoms with Crippen molar-refractivity contribution in [1.29, 1.82) is 0 Å². The second-order valence-electron chi connectivity index (χ2n) is 24.0. The standard InChI is InChI=1S/C28H27ClNO3P.C21H25NO3.C14H16N2.C8H8O2.C2H5Cl.C2H5NO/c1-30-18-23(17-29)28-25-15-9-8-14-24(25)27(16-26(28)30)33-34(31-19-21-10-4-2-5-11-21)32-20-22-12-6-3-7-13-22;1-5-9-16-15(6-2)17-10-7-8-11-18(17)19(16)13-25-21(24)22-20(12-23)14(3)4;1-15-13-9-14-12(7-8-16(14)2)10-5-3-4-6-11(10)13;9-4-6-1-7(5-10)3-8(6,7)2-6;1-2-3;3-1-2-4/h2-16,23H,17-20H2,1H3;5-12,14,19-20H,2,13H2,1,3-4H3,(H,22,24);3-6,9,15H,7-8H2,1-2H3;4-5H,1-3H2;2H2,1H3;2H,1,3H2/b;9-5-;;;;/t23-;19?,20-;;;;/m11..../s1. The molecule has 0 radical (unpaired) electrons. The van der Waals surface area contributed by atoms with E-state index in [1.165, 1.54) is 38.7 Å². The van der Waals surface area contributed by atoms with E-state index in [-0.39, 0.29) is 41.2 Å². The number of nitrogens with two attached hydrogens (primary N) is 1. The van der Waals surface area contributed by atoms with Crippen molar-refractivity contribution in [1.82, 2.24) is 5.32 Å². The fraction of sp³-hybridized carbons (Fsp3) is 0.347. The van der Waals surface area contributed by atoms with E-state index in [2.05, 4.69) is 108 Å². The number of fused-ring (bicyclic) bond motifs is 7. The zero-order valence-electron chi connectivity index (χ0n) is 53.7. The molecule has 7 aromatic carbocycles. The summed E-state index contributed by atoms with van der Waals surface area (Å²) in [5.41, 5.74) is 17.9. The van der Waals surface area contributed by atoms with Crippen LogP contribution in [-0.2, 0) is 52.6 Å². The molecule has 484 valence electrons. The van der Waals surface area contributed by atoms with E-state index in [9.17, 15) is 19.2 Å². The predicted octanol–water partition coefficient (Wildman–Crippen LogP) is 15.7. The summed E-state index contributed by atoms with van der Waals surface area (Å²) in [6, 6.07) is 49.1. The molecule has 92 heavy (non-hydrogen) atoms. The number of ether oxygens (including phenoxy) is 1. The van der Waals surface area contributed by atoms with Crippen LogP contribution in [0.5, 0.6) is 5.75 Å². The fourth-order valence-electron chi connectivity index (χ4n) is 13.3. The first-order valence-corrected chi connectivity index (χ1v) is 33.5. The number of nitrogens with one attached hydrogen (secondary N) is 2. The van der Waals surface area contributed by atoms with Crippen LogP contribution in [0.25, 0.3) is 27.1 Å². The van der Waals surface area contributed by atoms with Crippen LogP contribution >= 0.6 is 31.8 Å². The Labute approximate surface area is 553 Å². The number of likely N-dealkylation sites (N-methyl/N-ethyl adjacent to an activating group) is 2. The molecular weight excluding hydrogens is 1220 g/mol. The number of anilines is 3. The maximum atomic E-state index is 12.1. The summed E-state index contributed by atoms with van der Waals surface area (Å²) in [6.45, 7) is 14.7. The second kappa shape index (κ2) is 32.7. The lowest BCUT2D eigenvalue weighted by atomic mass is 9.76. The molecule has 5 atom stereocenters. The highest BCUT2D eigenvalue weighted by Crippen LogP contribution is 2.99. The number of alkyl carbamates (subject to hydrolysis) is 1. The molecule has 0 saturated heterocycles. The normalized spacial score (nSPS) is 20.6. The number of carbonyl (C=O) groups is 5. The Morgan fingerprint density at radius 2 is 1.34 bits per heavy atom. The van der Waals surface area contributed by atoms with E-state index >= 15 is 0 Å². The van der Waals surface area contributed by atoms with E-state index in [4.69, 9.17) is 46.3 Å². The van der Waals surface area contributed by atoms with Gasteiger partial charge in [0.15, 0.2) is 0 Å². The van der Waals surface area contributed by atoms with Crippen LogP contribution in [0.4, 0.5) is 21.9 Å². The molecule has 3 fully saturated rings. The lowest BCUT2D eigenvalue weighted by molar-refractivity contribution is -0.121. The Kier molecular flexibility index (Phi) is 25.0. The Hall–Kier alpha value is -7.68. The van der Waals surface area contributed by atoms with E-state index < -0.39 is 20.7 Å². The van der Waals surface area contributed by atoms with Crippen LogP contribution < -0.4 is 30.7 Å². The minimum Gasteiger partial charge on any atom is -0.449 e. The van der Waals surface area contributed by atoms with Crippen molar-refractivity contribution < 1.29 is 42.3 Å². The van der Waals surface area contributed by atoms with Gasteiger partial charge in [-0.15, -0.1) is 23.2 Å². The maximum absolute atomic E-state index is 12.1. The smallest absolute Gasteiger partial charge is 0.407 e. The zero-order valence-corrected chi connectivity index (χ0v) is 56.2. The van der Waals surface area contributed by atoms with Crippen LogP contribution in [0.2, 0.25) is 0 Å². The maximum Gasteiger partial charge on any atom is 0.407 e. The molecular formula is C75H86Cl2N5O9P. The van der Waals surface area contributed by atoms with Gasteiger partial charge >= 0.3 is 14.7 Å². The number of aldehydes is 4. The van der Waals surface area contributed by atoms with Crippen LogP contribution in [0.15, 0.2) is 176 Å². The van der Waals surface area contributed by atoms with Crippen LogP contribution in [0, 0.1) is 22.2 Å². The molecule has 17 heteroatoms. The Balaban J connectivity index is 0.000000163. The van der Waals surface area contributed by atoms with Crippen molar-refractivity contribution in [3.05, 3.63) is 209 Å². The second-order valence-corrected chi connectivity index (χ2v) is 26.0. The van der Waals surface area contributed by atoms with Gasteiger partial charge in [-0.05, 0) is 105 Å². The minimum absolute atomic E-state index is 0.00604. The summed E-state index contributed by atoms with van der Waals surface area (Å²) in [5, 5.41) is 10.8. The van der Waals surface area contributed by atoms with Gasteiger partial charge in [-0.1, -0.05) is 179 Å². The molecule has 1 amide bonds. The monoisotopic (exact) mass is 1300 g/mol. The number of carbonyl (C=O) groups excluding carboxylic acids is 5. The van der Waals surface area contributed by atoms with Gasteiger partial charge in [-0.25, -0.2) is 4.79 Å². The molecule has 1 spiro atoms. The molecule has 6 aliphatic rings. The first-order valence-electron chi connectivity index (χ1n) is 31.3. The van der Waals surface area contributed by atoms with Gasteiger partial charge in [0.2, 0.25) is 0 Å². The van der Waals surface area contributed by atoms with Crippen molar-refractivity contribution in [3.8, 4) is 5.75 Å². The topological polar surface area (TPSA) is 179 Å². The van der Waals surface area contributed by atoms with Crippen molar-refractivity contribution in [2.75, 3.05) is 74.3 Å². The van der Waals surface area contributed by atoms with Crippen molar-refractivity contribution in [2.45, 2.75) is 84.5 Å². The summed E-state index contributed by atoms with van der Waals surface area (Å²) in [4.78, 5) is 57.8. The van der Waals surface area contributed by atoms with Gasteiger partial charge in [0.25, 0.3) is 0 Å². The zero-order chi connectivity index (χ0) is 66.0. The number of amides is 1. The van der Waals surface area contributed by atoms with Crippen LogP contribution in [-0.4, -0.2) is 96.4 Å². The minimum atomic E-state index is -1.64. The number of halogens is 2. The Morgan fingerprint density at radius 3 is 1.86 bits per heavy atom. The first-order chi connectivity index (χ1) is 44.6. The molecule has 4 N–H and O–H groups in total. The predicted molar refractivity (Wildman–Crippen MR) is 376 cm³/mol. The molecule has 13 rings (SSSR count). The van der Waals surface area contributed by atoms with Crippen LogP contribution in [0.3, 0.4) is 0 Å². The lowest BCUT2D eigenvalue weighted by Gasteiger charge is -2.24. The summed E-state index contributed by atoms with van der Waals surface area (Å²) >= 11 is 11.3. The third kappa shape index (κ3) is 15.5. The quantitative estimate of drug-likeness (QED) is 0.0373. The molecule has 3 saturated carbocycles. The van der Waals surface area contributed by atoms with E-state index in [0.717, 1.165) is 114 Å². The average Bonchev–Trinajstić information content (AvgIpc) is 1.41. The SMILES string of the molecule is C=CC1=C(/C=C\C)C(COC(=O)N[C@H](C=O)C(C)C)c2ccccc21.CCCl.CN1C[C@@H](CCl)c2c1cc(OP(OCc1ccccc1)OCc1ccccc1)c1ccccc21.CNc1cc2c(c3ccccc13)CCN2C.NCC=O.O=CC12CC3(C=O)CC13C2. The summed E-state index contributed by atoms with van der Waals surface area (Å²) < 4.78 is 24.3.